The maximum atomic E-state index is 12.0. The predicted molar refractivity (Wildman–Crippen MR) is 62.3 cm³/mol. The molecule has 1 saturated heterocycles. The highest BCUT2D eigenvalue weighted by atomic mass is 35.5. The first kappa shape index (κ1) is 13.2. The number of rotatable bonds is 4. The smallest absolute Gasteiger partial charge is 0.195 e. The summed E-state index contributed by atoms with van der Waals surface area (Å²) in [5.74, 6) is 0. The Balaban J connectivity index is 2.63. The minimum absolute atomic E-state index is 0.158. The van der Waals surface area contributed by atoms with Gasteiger partial charge in [0.1, 0.15) is 0 Å². The van der Waals surface area contributed by atoms with Crippen LogP contribution in [0.2, 0.25) is 0 Å². The lowest BCUT2D eigenvalue weighted by Gasteiger charge is -2.30. The van der Waals surface area contributed by atoms with E-state index in [1.54, 1.807) is 18.3 Å². The molecule has 1 unspecified atom stereocenters. The SMILES string of the molecule is CC(Cl)CN(C)S(=O)(=O)N1CCCCC1. The molecule has 15 heavy (non-hydrogen) atoms. The Morgan fingerprint density at radius 2 is 1.87 bits per heavy atom. The molecule has 0 saturated carbocycles. The van der Waals surface area contributed by atoms with E-state index in [2.05, 4.69) is 0 Å². The number of piperidine rings is 1. The Kier molecular flexibility index (Phi) is 4.83. The fourth-order valence-electron chi connectivity index (χ4n) is 1.74. The van der Waals surface area contributed by atoms with Crippen LogP contribution >= 0.6 is 11.6 Å². The highest BCUT2D eigenvalue weighted by molar-refractivity contribution is 7.86. The number of halogens is 1. The van der Waals surface area contributed by atoms with Gasteiger partial charge in [-0.25, -0.2) is 0 Å². The normalized spacial score (nSPS) is 21.9. The van der Waals surface area contributed by atoms with Crippen LogP contribution in [0.4, 0.5) is 0 Å². The largest absolute Gasteiger partial charge is 0.281 e. The molecule has 0 spiro atoms. The molecule has 1 fully saturated rings. The van der Waals surface area contributed by atoms with Crippen LogP contribution < -0.4 is 0 Å². The molecule has 0 aromatic rings. The maximum absolute atomic E-state index is 12.0. The standard InChI is InChI=1S/C9H19ClN2O2S/c1-9(10)8-11(2)15(13,14)12-6-4-3-5-7-12/h9H,3-8H2,1-2H3. The van der Waals surface area contributed by atoms with Crippen molar-refractivity contribution in [2.24, 2.45) is 0 Å². The van der Waals surface area contributed by atoms with Crippen molar-refractivity contribution in [2.75, 3.05) is 26.7 Å². The van der Waals surface area contributed by atoms with Gasteiger partial charge in [-0.1, -0.05) is 6.42 Å². The number of nitrogens with zero attached hydrogens (tertiary/aromatic N) is 2. The van der Waals surface area contributed by atoms with Gasteiger partial charge < -0.3 is 0 Å². The molecule has 1 rings (SSSR count). The van der Waals surface area contributed by atoms with Crippen LogP contribution in [0, 0.1) is 0 Å². The van der Waals surface area contributed by atoms with E-state index in [-0.39, 0.29) is 5.38 Å². The van der Waals surface area contributed by atoms with Gasteiger partial charge in [0.25, 0.3) is 10.2 Å². The quantitative estimate of drug-likeness (QED) is 0.709. The van der Waals surface area contributed by atoms with Crippen molar-refractivity contribution in [2.45, 2.75) is 31.6 Å². The van der Waals surface area contributed by atoms with Crippen molar-refractivity contribution < 1.29 is 8.42 Å². The van der Waals surface area contributed by atoms with Crippen LogP contribution in [-0.4, -0.2) is 49.1 Å². The van der Waals surface area contributed by atoms with Crippen molar-refractivity contribution in [1.82, 2.24) is 8.61 Å². The molecule has 0 aromatic carbocycles. The number of hydrogen-bond acceptors (Lipinski definition) is 2. The molecule has 1 aliphatic rings. The van der Waals surface area contributed by atoms with Gasteiger partial charge in [-0.2, -0.15) is 17.0 Å². The van der Waals surface area contributed by atoms with E-state index in [0.29, 0.717) is 19.6 Å². The monoisotopic (exact) mass is 254 g/mol. The zero-order chi connectivity index (χ0) is 11.5. The lowest BCUT2D eigenvalue weighted by atomic mass is 10.2. The first-order valence-corrected chi connectivity index (χ1v) is 7.13. The molecule has 6 heteroatoms. The first-order chi connectivity index (χ1) is 6.94. The summed E-state index contributed by atoms with van der Waals surface area (Å²) < 4.78 is 26.9. The second-order valence-electron chi connectivity index (χ2n) is 4.03. The Morgan fingerprint density at radius 1 is 1.33 bits per heavy atom. The van der Waals surface area contributed by atoms with Crippen molar-refractivity contribution in [3.8, 4) is 0 Å². The van der Waals surface area contributed by atoms with Gasteiger partial charge in [0.05, 0.1) is 0 Å². The third-order valence-corrected chi connectivity index (χ3v) is 4.64. The van der Waals surface area contributed by atoms with Gasteiger partial charge in [0, 0.05) is 32.1 Å². The molecule has 1 atom stereocenters. The minimum atomic E-state index is -3.27. The molecule has 0 radical (unpaired) electrons. The molecule has 0 aromatic heterocycles. The van der Waals surface area contributed by atoms with Gasteiger partial charge in [0.15, 0.2) is 0 Å². The molecular weight excluding hydrogens is 236 g/mol. The Hall–Kier alpha value is 0.160. The third-order valence-electron chi connectivity index (χ3n) is 2.54. The molecule has 90 valence electrons. The fraction of sp³-hybridized carbons (Fsp3) is 1.00. The highest BCUT2D eigenvalue weighted by Crippen LogP contribution is 2.16. The maximum Gasteiger partial charge on any atom is 0.281 e. The van der Waals surface area contributed by atoms with E-state index in [1.165, 1.54) is 4.31 Å². The van der Waals surface area contributed by atoms with Gasteiger partial charge in [-0.3, -0.25) is 0 Å². The minimum Gasteiger partial charge on any atom is -0.195 e. The van der Waals surface area contributed by atoms with Crippen molar-refractivity contribution in [1.29, 1.82) is 0 Å². The molecule has 0 aliphatic carbocycles. The topological polar surface area (TPSA) is 40.6 Å². The van der Waals surface area contributed by atoms with Gasteiger partial charge in [-0.05, 0) is 19.8 Å². The summed E-state index contributed by atoms with van der Waals surface area (Å²) in [4.78, 5) is 0. The Morgan fingerprint density at radius 3 is 2.33 bits per heavy atom. The second kappa shape index (κ2) is 5.48. The number of alkyl halides is 1. The Labute approximate surface area is 97.4 Å². The van der Waals surface area contributed by atoms with Crippen molar-refractivity contribution >= 4 is 21.8 Å². The summed E-state index contributed by atoms with van der Waals surface area (Å²) in [6.45, 7) is 3.44. The van der Waals surface area contributed by atoms with Gasteiger partial charge in [0.2, 0.25) is 0 Å². The van der Waals surface area contributed by atoms with E-state index in [4.69, 9.17) is 11.6 Å². The van der Waals surface area contributed by atoms with Crippen LogP contribution in [0.1, 0.15) is 26.2 Å². The molecule has 1 aliphatic heterocycles. The molecular formula is C9H19ClN2O2S. The van der Waals surface area contributed by atoms with E-state index in [0.717, 1.165) is 19.3 Å². The lowest BCUT2D eigenvalue weighted by molar-refractivity contribution is 0.316. The van der Waals surface area contributed by atoms with Crippen molar-refractivity contribution in [3.05, 3.63) is 0 Å². The van der Waals surface area contributed by atoms with E-state index in [1.807, 2.05) is 0 Å². The molecule has 1 heterocycles. The molecule has 4 nitrogen and oxygen atoms in total. The predicted octanol–water partition coefficient (Wildman–Crippen LogP) is 1.28. The van der Waals surface area contributed by atoms with E-state index in [9.17, 15) is 8.42 Å². The van der Waals surface area contributed by atoms with E-state index >= 15 is 0 Å². The number of hydrogen-bond donors (Lipinski definition) is 0. The summed E-state index contributed by atoms with van der Waals surface area (Å²) in [6, 6.07) is 0. The zero-order valence-corrected chi connectivity index (χ0v) is 10.9. The summed E-state index contributed by atoms with van der Waals surface area (Å²) in [5, 5.41) is -0.158. The summed E-state index contributed by atoms with van der Waals surface area (Å²) in [5.41, 5.74) is 0. The lowest BCUT2D eigenvalue weighted by Crippen LogP contribution is -2.45. The van der Waals surface area contributed by atoms with Gasteiger partial charge >= 0.3 is 0 Å². The Bertz CT molecular complexity index is 286. The molecule has 0 N–H and O–H groups in total. The van der Waals surface area contributed by atoms with Gasteiger partial charge in [-0.15, -0.1) is 11.6 Å². The third kappa shape index (κ3) is 3.59. The van der Waals surface area contributed by atoms with Crippen LogP contribution in [0.5, 0.6) is 0 Å². The average Bonchev–Trinajstić information content (AvgIpc) is 2.18. The first-order valence-electron chi connectivity index (χ1n) is 5.30. The summed E-state index contributed by atoms with van der Waals surface area (Å²) in [7, 11) is -1.69. The van der Waals surface area contributed by atoms with Crippen LogP contribution in [0.25, 0.3) is 0 Å². The second-order valence-corrected chi connectivity index (χ2v) is 6.81. The van der Waals surface area contributed by atoms with Crippen molar-refractivity contribution in [3.63, 3.8) is 0 Å². The summed E-state index contributed by atoms with van der Waals surface area (Å²) in [6.07, 6.45) is 3.05. The van der Waals surface area contributed by atoms with E-state index < -0.39 is 10.2 Å². The van der Waals surface area contributed by atoms with Crippen LogP contribution in [0.3, 0.4) is 0 Å². The highest BCUT2D eigenvalue weighted by Gasteiger charge is 2.28. The fourth-order valence-corrected chi connectivity index (χ4v) is 3.56. The van der Waals surface area contributed by atoms with Crippen LogP contribution in [-0.2, 0) is 10.2 Å². The molecule has 0 bridgehead atoms. The van der Waals surface area contributed by atoms with Crippen LogP contribution in [0.15, 0.2) is 0 Å². The molecule has 0 amide bonds. The summed E-state index contributed by atoms with van der Waals surface area (Å²) >= 11 is 5.79. The average molecular weight is 255 g/mol. The zero-order valence-electron chi connectivity index (χ0n) is 9.32.